The van der Waals surface area contributed by atoms with Crippen LogP contribution in [0.2, 0.25) is 0 Å². The number of halogens is 5. The second-order valence-corrected chi connectivity index (χ2v) is 3.89. The third-order valence-corrected chi connectivity index (χ3v) is 2.75. The van der Waals surface area contributed by atoms with Gasteiger partial charge < -0.3 is 5.32 Å². The van der Waals surface area contributed by atoms with Crippen molar-refractivity contribution in [1.82, 2.24) is 5.32 Å². The quantitative estimate of drug-likeness (QED) is 0.736. The van der Waals surface area contributed by atoms with Gasteiger partial charge in [-0.05, 0) is 25.7 Å². The van der Waals surface area contributed by atoms with E-state index in [0.29, 0.717) is 12.8 Å². The summed E-state index contributed by atoms with van der Waals surface area (Å²) in [5, 5.41) is 2.58. The van der Waals surface area contributed by atoms with Crippen LogP contribution >= 0.6 is 0 Å². The van der Waals surface area contributed by atoms with Crippen molar-refractivity contribution in [3.8, 4) is 0 Å². The molecular weight excluding hydrogens is 217 g/mol. The monoisotopic (exact) mass is 231 g/mol. The molecule has 0 aromatic heterocycles. The van der Waals surface area contributed by atoms with Gasteiger partial charge in [0.15, 0.2) is 0 Å². The number of hydrogen-bond donors (Lipinski definition) is 1. The van der Waals surface area contributed by atoms with Gasteiger partial charge in [0.2, 0.25) is 0 Å². The van der Waals surface area contributed by atoms with E-state index in [1.54, 1.807) is 0 Å². The molecule has 1 aliphatic carbocycles. The molecule has 0 heterocycles. The van der Waals surface area contributed by atoms with Gasteiger partial charge in [-0.15, -0.1) is 0 Å². The third kappa shape index (κ3) is 4.32. The summed E-state index contributed by atoms with van der Waals surface area (Å²) in [5.74, 6) is -1.25. The first-order valence-electron chi connectivity index (χ1n) is 4.98. The van der Waals surface area contributed by atoms with Gasteiger partial charge in [0.1, 0.15) is 0 Å². The van der Waals surface area contributed by atoms with E-state index in [1.807, 2.05) is 0 Å². The highest BCUT2D eigenvalue weighted by Crippen LogP contribution is 2.37. The maximum absolute atomic E-state index is 12.2. The van der Waals surface area contributed by atoms with Crippen LogP contribution in [0.1, 0.15) is 25.7 Å². The van der Waals surface area contributed by atoms with Crippen molar-refractivity contribution in [3.63, 3.8) is 0 Å². The van der Waals surface area contributed by atoms with Gasteiger partial charge in [0, 0.05) is 6.04 Å². The lowest BCUT2D eigenvalue weighted by Gasteiger charge is -2.30. The van der Waals surface area contributed by atoms with Crippen molar-refractivity contribution in [1.29, 1.82) is 0 Å². The van der Waals surface area contributed by atoms with Crippen molar-refractivity contribution in [2.24, 2.45) is 5.92 Å². The normalized spacial score (nSPS) is 28.4. The molecule has 0 aromatic rings. The number of alkyl halides is 5. The van der Waals surface area contributed by atoms with E-state index in [0.717, 1.165) is 0 Å². The third-order valence-electron chi connectivity index (χ3n) is 2.75. The summed E-state index contributed by atoms with van der Waals surface area (Å²) < 4.78 is 60.4. The van der Waals surface area contributed by atoms with Crippen LogP contribution in [-0.4, -0.2) is 25.2 Å². The molecule has 6 heteroatoms. The molecular formula is C9H14F5N. The molecule has 0 bridgehead atoms. The van der Waals surface area contributed by atoms with Crippen LogP contribution < -0.4 is 5.32 Å². The van der Waals surface area contributed by atoms with Crippen LogP contribution in [-0.2, 0) is 0 Å². The standard InChI is InChI=1S/C9H14F5N/c10-8(11)5-15-7-3-1-6(2-4-7)9(12,13)14/h6-8,15H,1-5H2. The van der Waals surface area contributed by atoms with Crippen molar-refractivity contribution in [3.05, 3.63) is 0 Å². The first-order valence-corrected chi connectivity index (χ1v) is 4.98. The van der Waals surface area contributed by atoms with Crippen molar-refractivity contribution in [2.45, 2.75) is 44.3 Å². The zero-order valence-electron chi connectivity index (χ0n) is 8.16. The van der Waals surface area contributed by atoms with E-state index in [9.17, 15) is 22.0 Å². The summed E-state index contributed by atoms with van der Waals surface area (Å²) in [6.45, 7) is -0.429. The molecule has 1 N–H and O–H groups in total. The minimum Gasteiger partial charge on any atom is -0.309 e. The number of rotatable bonds is 3. The molecule has 1 nitrogen and oxygen atoms in total. The first kappa shape index (κ1) is 12.7. The molecule has 90 valence electrons. The van der Waals surface area contributed by atoms with Crippen LogP contribution in [0.25, 0.3) is 0 Å². The fourth-order valence-electron chi connectivity index (χ4n) is 1.88. The summed E-state index contributed by atoms with van der Waals surface area (Å²) in [4.78, 5) is 0. The molecule has 0 atom stereocenters. The minimum atomic E-state index is -4.13. The van der Waals surface area contributed by atoms with Gasteiger partial charge in [0.05, 0.1) is 12.5 Å². The van der Waals surface area contributed by atoms with E-state index in [-0.39, 0.29) is 18.9 Å². The molecule has 1 aliphatic rings. The SMILES string of the molecule is FC(F)CNC1CCC(C(F)(F)F)CC1. The Morgan fingerprint density at radius 2 is 1.60 bits per heavy atom. The highest BCUT2D eigenvalue weighted by Gasteiger charge is 2.41. The Morgan fingerprint density at radius 1 is 1.07 bits per heavy atom. The van der Waals surface area contributed by atoms with Crippen LogP contribution in [0.15, 0.2) is 0 Å². The molecule has 15 heavy (non-hydrogen) atoms. The van der Waals surface area contributed by atoms with Gasteiger partial charge in [-0.1, -0.05) is 0 Å². The zero-order chi connectivity index (χ0) is 11.5. The molecule has 0 saturated heterocycles. The Morgan fingerprint density at radius 3 is 2.00 bits per heavy atom. The van der Waals surface area contributed by atoms with Crippen LogP contribution in [0.4, 0.5) is 22.0 Å². The average molecular weight is 231 g/mol. The first-order chi connectivity index (χ1) is 6.89. The van der Waals surface area contributed by atoms with Gasteiger partial charge in [-0.2, -0.15) is 13.2 Å². The lowest BCUT2D eigenvalue weighted by atomic mass is 9.85. The van der Waals surface area contributed by atoms with E-state index in [2.05, 4.69) is 5.32 Å². The fraction of sp³-hybridized carbons (Fsp3) is 1.00. The lowest BCUT2D eigenvalue weighted by molar-refractivity contribution is -0.182. The van der Waals surface area contributed by atoms with Crippen LogP contribution in [0, 0.1) is 5.92 Å². The predicted octanol–water partition coefficient (Wildman–Crippen LogP) is 2.96. The highest BCUT2D eigenvalue weighted by atomic mass is 19.4. The van der Waals surface area contributed by atoms with Crippen LogP contribution in [0.5, 0.6) is 0 Å². The maximum Gasteiger partial charge on any atom is 0.391 e. The molecule has 1 fully saturated rings. The molecule has 1 saturated carbocycles. The second kappa shape index (κ2) is 5.09. The Bertz CT molecular complexity index is 183. The molecule has 0 aliphatic heterocycles. The fourth-order valence-corrected chi connectivity index (χ4v) is 1.88. The van der Waals surface area contributed by atoms with Gasteiger partial charge >= 0.3 is 6.18 Å². The summed E-state index contributed by atoms with van der Waals surface area (Å²) in [5.41, 5.74) is 0. The van der Waals surface area contributed by atoms with Crippen molar-refractivity contribution < 1.29 is 22.0 Å². The molecule has 0 aromatic carbocycles. The maximum atomic E-state index is 12.2. The van der Waals surface area contributed by atoms with E-state index in [4.69, 9.17) is 0 Å². The predicted molar refractivity (Wildman–Crippen MR) is 45.8 cm³/mol. The lowest BCUT2D eigenvalue weighted by Crippen LogP contribution is -2.38. The number of nitrogens with one attached hydrogen (secondary N) is 1. The average Bonchev–Trinajstić information content (AvgIpc) is 2.14. The number of hydrogen-bond acceptors (Lipinski definition) is 1. The molecule has 1 rings (SSSR count). The topological polar surface area (TPSA) is 12.0 Å². The van der Waals surface area contributed by atoms with Gasteiger partial charge in [-0.25, -0.2) is 8.78 Å². The van der Waals surface area contributed by atoms with Crippen molar-refractivity contribution >= 4 is 0 Å². The minimum absolute atomic E-state index is 0.0460. The Kier molecular flexibility index (Phi) is 4.31. The largest absolute Gasteiger partial charge is 0.391 e. The zero-order valence-corrected chi connectivity index (χ0v) is 8.16. The molecule has 0 unspecified atom stereocenters. The highest BCUT2D eigenvalue weighted by molar-refractivity contribution is 4.80. The van der Waals surface area contributed by atoms with Gasteiger partial charge in [0.25, 0.3) is 6.43 Å². The molecule has 0 radical (unpaired) electrons. The van der Waals surface area contributed by atoms with Gasteiger partial charge in [-0.3, -0.25) is 0 Å². The van der Waals surface area contributed by atoms with Crippen LogP contribution in [0.3, 0.4) is 0 Å². The van der Waals surface area contributed by atoms with Crippen molar-refractivity contribution in [2.75, 3.05) is 6.54 Å². The molecule has 0 amide bonds. The summed E-state index contributed by atoms with van der Waals surface area (Å²) in [7, 11) is 0. The smallest absolute Gasteiger partial charge is 0.309 e. The summed E-state index contributed by atoms with van der Waals surface area (Å²) in [6.07, 6.45) is -5.82. The summed E-state index contributed by atoms with van der Waals surface area (Å²) >= 11 is 0. The Hall–Kier alpha value is -0.390. The van der Waals surface area contributed by atoms with E-state index >= 15 is 0 Å². The Balaban J connectivity index is 2.24. The van der Waals surface area contributed by atoms with E-state index in [1.165, 1.54) is 0 Å². The summed E-state index contributed by atoms with van der Waals surface area (Å²) in [6, 6.07) is -0.183. The molecule has 0 spiro atoms. The second-order valence-electron chi connectivity index (χ2n) is 3.89. The Labute approximate surface area is 85.0 Å². The van der Waals surface area contributed by atoms with E-state index < -0.39 is 25.1 Å².